The van der Waals surface area contributed by atoms with Crippen molar-refractivity contribution in [2.75, 3.05) is 40.4 Å². The van der Waals surface area contributed by atoms with Crippen LogP contribution in [0.2, 0.25) is 0 Å². The SMILES string of the molecule is COc1ccc(OC)c(CN2CCC(N3CCCCC3)CC2)c1.O=C(O)C(=O)O. The molecule has 2 saturated heterocycles. The Labute approximate surface area is 172 Å². The Morgan fingerprint density at radius 3 is 2.10 bits per heavy atom. The van der Waals surface area contributed by atoms with Crippen molar-refractivity contribution in [3.63, 3.8) is 0 Å². The second-order valence-electron chi connectivity index (χ2n) is 7.39. The van der Waals surface area contributed by atoms with E-state index in [-0.39, 0.29) is 0 Å². The average molecular weight is 408 g/mol. The monoisotopic (exact) mass is 408 g/mol. The Bertz CT molecular complexity index is 655. The summed E-state index contributed by atoms with van der Waals surface area (Å²) in [5.74, 6) is -1.78. The maximum absolute atomic E-state index is 9.10. The fourth-order valence-corrected chi connectivity index (χ4v) is 3.97. The molecule has 3 rings (SSSR count). The molecule has 0 radical (unpaired) electrons. The number of benzene rings is 1. The smallest absolute Gasteiger partial charge is 0.414 e. The molecule has 0 aromatic heterocycles. The summed E-state index contributed by atoms with van der Waals surface area (Å²) >= 11 is 0. The molecule has 2 fully saturated rings. The molecule has 0 atom stereocenters. The molecule has 0 amide bonds. The van der Waals surface area contributed by atoms with Crippen LogP contribution in [-0.2, 0) is 16.1 Å². The molecule has 1 aromatic rings. The van der Waals surface area contributed by atoms with Crippen LogP contribution in [0, 0.1) is 0 Å². The van der Waals surface area contributed by atoms with Gasteiger partial charge in [-0.2, -0.15) is 0 Å². The molecular weight excluding hydrogens is 376 g/mol. The number of carboxylic acids is 2. The summed E-state index contributed by atoms with van der Waals surface area (Å²) in [7, 11) is 3.46. The van der Waals surface area contributed by atoms with Crippen LogP contribution in [0.15, 0.2) is 18.2 Å². The summed E-state index contributed by atoms with van der Waals surface area (Å²) in [6.07, 6.45) is 6.80. The maximum Gasteiger partial charge on any atom is 0.414 e. The van der Waals surface area contributed by atoms with E-state index in [4.69, 9.17) is 29.3 Å². The van der Waals surface area contributed by atoms with Crippen molar-refractivity contribution >= 4 is 11.9 Å². The normalized spacial score (nSPS) is 18.4. The minimum absolute atomic E-state index is 0.804. The Balaban J connectivity index is 0.000000438. The van der Waals surface area contributed by atoms with Gasteiger partial charge in [-0.15, -0.1) is 0 Å². The molecule has 1 aromatic carbocycles. The Morgan fingerprint density at radius 2 is 1.59 bits per heavy atom. The van der Waals surface area contributed by atoms with Gasteiger partial charge in [0.05, 0.1) is 14.2 Å². The molecule has 0 unspecified atom stereocenters. The molecule has 0 bridgehead atoms. The maximum atomic E-state index is 9.10. The van der Waals surface area contributed by atoms with E-state index >= 15 is 0 Å². The fourth-order valence-electron chi connectivity index (χ4n) is 3.97. The lowest BCUT2D eigenvalue weighted by atomic mass is 9.99. The minimum atomic E-state index is -1.82. The first-order chi connectivity index (χ1) is 13.9. The highest BCUT2D eigenvalue weighted by Gasteiger charge is 2.25. The summed E-state index contributed by atoms with van der Waals surface area (Å²) in [6.45, 7) is 5.94. The van der Waals surface area contributed by atoms with Gasteiger partial charge in [0, 0.05) is 18.2 Å². The van der Waals surface area contributed by atoms with E-state index in [1.807, 2.05) is 12.1 Å². The zero-order chi connectivity index (χ0) is 21.2. The van der Waals surface area contributed by atoms with Gasteiger partial charge in [0.1, 0.15) is 11.5 Å². The predicted octanol–water partition coefficient (Wildman–Crippen LogP) is 2.31. The number of likely N-dealkylation sites (tertiary alicyclic amines) is 2. The van der Waals surface area contributed by atoms with Gasteiger partial charge in [-0.3, -0.25) is 4.90 Å². The van der Waals surface area contributed by atoms with E-state index in [0.29, 0.717) is 0 Å². The highest BCUT2D eigenvalue weighted by Crippen LogP contribution is 2.27. The zero-order valence-corrected chi connectivity index (χ0v) is 17.3. The van der Waals surface area contributed by atoms with Crippen LogP contribution in [0.25, 0.3) is 0 Å². The van der Waals surface area contributed by atoms with Crippen molar-refractivity contribution in [2.24, 2.45) is 0 Å². The van der Waals surface area contributed by atoms with Crippen molar-refractivity contribution in [1.82, 2.24) is 9.80 Å². The van der Waals surface area contributed by atoms with Gasteiger partial charge in [-0.25, -0.2) is 9.59 Å². The van der Waals surface area contributed by atoms with E-state index < -0.39 is 11.9 Å². The van der Waals surface area contributed by atoms with E-state index in [1.165, 1.54) is 63.8 Å². The van der Waals surface area contributed by atoms with Gasteiger partial charge in [-0.05, 0) is 70.1 Å². The lowest BCUT2D eigenvalue weighted by molar-refractivity contribution is -0.159. The number of rotatable bonds is 5. The first kappa shape index (κ1) is 23.0. The molecule has 29 heavy (non-hydrogen) atoms. The number of hydrogen-bond acceptors (Lipinski definition) is 6. The third kappa shape index (κ3) is 7.21. The van der Waals surface area contributed by atoms with Crippen molar-refractivity contribution in [1.29, 1.82) is 0 Å². The lowest BCUT2D eigenvalue weighted by Crippen LogP contribution is -2.46. The largest absolute Gasteiger partial charge is 0.497 e. The number of hydrogen-bond donors (Lipinski definition) is 2. The first-order valence-electron chi connectivity index (χ1n) is 10.1. The molecule has 2 aliphatic heterocycles. The van der Waals surface area contributed by atoms with Crippen LogP contribution in [-0.4, -0.2) is 78.4 Å². The molecule has 8 nitrogen and oxygen atoms in total. The van der Waals surface area contributed by atoms with Gasteiger partial charge in [0.2, 0.25) is 0 Å². The number of nitrogens with zero attached hydrogens (tertiary/aromatic N) is 2. The minimum Gasteiger partial charge on any atom is -0.497 e. The summed E-state index contributed by atoms with van der Waals surface area (Å²) < 4.78 is 10.9. The molecule has 2 heterocycles. The Morgan fingerprint density at radius 1 is 0.966 bits per heavy atom. The third-order valence-electron chi connectivity index (χ3n) is 5.53. The average Bonchev–Trinajstić information content (AvgIpc) is 2.75. The number of aliphatic carboxylic acids is 2. The van der Waals surface area contributed by atoms with Crippen LogP contribution < -0.4 is 9.47 Å². The topological polar surface area (TPSA) is 99.5 Å². The highest BCUT2D eigenvalue weighted by atomic mass is 16.5. The van der Waals surface area contributed by atoms with Crippen molar-refractivity contribution in [2.45, 2.75) is 44.7 Å². The molecule has 2 N–H and O–H groups in total. The standard InChI is InChI=1S/C19H30N2O2.C2H2O4/c1-22-18-6-7-19(23-2)16(14-18)15-20-12-8-17(9-13-20)21-10-4-3-5-11-21;3-1(4)2(5)6/h6-7,14,17H,3-5,8-13,15H2,1-2H3;(H,3,4)(H,5,6). The molecule has 2 aliphatic rings. The van der Waals surface area contributed by atoms with E-state index in [0.717, 1.165) is 24.1 Å². The highest BCUT2D eigenvalue weighted by molar-refractivity contribution is 6.27. The van der Waals surface area contributed by atoms with Gasteiger partial charge in [0.25, 0.3) is 0 Å². The second-order valence-corrected chi connectivity index (χ2v) is 7.39. The predicted molar refractivity (Wildman–Crippen MR) is 109 cm³/mol. The Hall–Kier alpha value is -2.32. The number of methoxy groups -OCH3 is 2. The first-order valence-corrected chi connectivity index (χ1v) is 10.1. The molecule has 0 aliphatic carbocycles. The zero-order valence-electron chi connectivity index (χ0n) is 17.3. The van der Waals surface area contributed by atoms with Gasteiger partial charge < -0.3 is 24.6 Å². The van der Waals surface area contributed by atoms with Crippen LogP contribution in [0.4, 0.5) is 0 Å². The van der Waals surface area contributed by atoms with Crippen molar-refractivity contribution < 1.29 is 29.3 Å². The molecule has 0 spiro atoms. The van der Waals surface area contributed by atoms with Gasteiger partial charge in [0.15, 0.2) is 0 Å². The van der Waals surface area contributed by atoms with Crippen LogP contribution in [0.5, 0.6) is 11.5 Å². The lowest BCUT2D eigenvalue weighted by Gasteiger charge is -2.40. The molecule has 8 heteroatoms. The molecule has 162 valence electrons. The Kier molecular flexibility index (Phi) is 9.21. The van der Waals surface area contributed by atoms with Crippen LogP contribution >= 0.6 is 0 Å². The summed E-state index contributed by atoms with van der Waals surface area (Å²) in [5.41, 5.74) is 1.23. The number of carbonyl (C=O) groups is 2. The molecular formula is C21H32N2O6. The fraction of sp³-hybridized carbons (Fsp3) is 0.619. The number of carboxylic acid groups (broad SMARTS) is 2. The van der Waals surface area contributed by atoms with Crippen molar-refractivity contribution in [3.05, 3.63) is 23.8 Å². The van der Waals surface area contributed by atoms with Crippen molar-refractivity contribution in [3.8, 4) is 11.5 Å². The quantitative estimate of drug-likeness (QED) is 0.716. The van der Waals surface area contributed by atoms with Gasteiger partial charge >= 0.3 is 11.9 Å². The summed E-state index contributed by atoms with van der Waals surface area (Å²) in [5, 5.41) is 14.8. The van der Waals surface area contributed by atoms with Gasteiger partial charge in [-0.1, -0.05) is 6.42 Å². The molecule has 0 saturated carbocycles. The van der Waals surface area contributed by atoms with E-state index in [9.17, 15) is 0 Å². The number of piperidine rings is 2. The summed E-state index contributed by atoms with van der Waals surface area (Å²) in [6, 6.07) is 6.88. The van der Waals surface area contributed by atoms with Crippen LogP contribution in [0.3, 0.4) is 0 Å². The van der Waals surface area contributed by atoms with E-state index in [1.54, 1.807) is 14.2 Å². The second kappa shape index (κ2) is 11.6. The van der Waals surface area contributed by atoms with E-state index in [2.05, 4.69) is 15.9 Å². The summed E-state index contributed by atoms with van der Waals surface area (Å²) in [4.78, 5) is 23.5. The van der Waals surface area contributed by atoms with Crippen LogP contribution in [0.1, 0.15) is 37.7 Å². The number of ether oxygens (including phenoxy) is 2. The third-order valence-corrected chi connectivity index (χ3v) is 5.53.